The largest absolute Gasteiger partial charge is 0.298 e. The number of rotatable bonds is 5. The Hall–Kier alpha value is -1.95. The first-order chi connectivity index (χ1) is 12.8. The summed E-state index contributed by atoms with van der Waals surface area (Å²) in [5.41, 5.74) is 3.87. The summed E-state index contributed by atoms with van der Waals surface area (Å²) in [5.74, 6) is 0. The number of aryl methyl sites for hydroxylation is 1. The van der Waals surface area contributed by atoms with Gasteiger partial charge in [0.05, 0.1) is 5.69 Å². The second-order valence-corrected chi connectivity index (χ2v) is 8.10. The maximum atomic E-state index is 4.43. The first-order valence-corrected chi connectivity index (χ1v) is 10.2. The van der Waals surface area contributed by atoms with Crippen molar-refractivity contribution in [2.24, 2.45) is 0 Å². The molecule has 0 bridgehead atoms. The molecule has 0 N–H and O–H groups in total. The molecule has 1 aliphatic heterocycles. The van der Waals surface area contributed by atoms with Crippen molar-refractivity contribution < 1.29 is 0 Å². The van der Waals surface area contributed by atoms with Gasteiger partial charge in [-0.1, -0.05) is 23.8 Å². The van der Waals surface area contributed by atoms with E-state index in [0.717, 1.165) is 32.7 Å². The summed E-state index contributed by atoms with van der Waals surface area (Å²) < 4.78 is 1.98. The highest BCUT2D eigenvalue weighted by atomic mass is 32.1. The highest BCUT2D eigenvalue weighted by Gasteiger charge is 2.17. The van der Waals surface area contributed by atoms with Gasteiger partial charge in [-0.05, 0) is 55.6 Å². The molecule has 0 unspecified atom stereocenters. The minimum absolute atomic E-state index is 0.990. The van der Waals surface area contributed by atoms with E-state index in [-0.39, 0.29) is 0 Å². The lowest BCUT2D eigenvalue weighted by molar-refractivity contribution is 0.248. The van der Waals surface area contributed by atoms with Crippen molar-refractivity contribution in [2.75, 3.05) is 26.2 Å². The van der Waals surface area contributed by atoms with E-state index in [0.29, 0.717) is 0 Å². The molecule has 1 aliphatic rings. The Bertz CT molecular complexity index is 811. The molecule has 0 saturated carbocycles. The number of thiophene rings is 1. The molecule has 0 aliphatic carbocycles. The van der Waals surface area contributed by atoms with Crippen LogP contribution in [0.5, 0.6) is 0 Å². The standard InChI is InChI=1S/C21H26N4S/c1-18-6-7-21(25-11-3-8-22-25)19(15-18)16-23-9-4-10-24(13-12-23)17-20-5-2-14-26-20/h2-3,5-8,11,14-15H,4,9-10,12-13,16-17H2,1H3. The van der Waals surface area contributed by atoms with Gasteiger partial charge in [0.15, 0.2) is 0 Å². The highest BCUT2D eigenvalue weighted by Crippen LogP contribution is 2.20. The summed E-state index contributed by atoms with van der Waals surface area (Å²) >= 11 is 1.86. The van der Waals surface area contributed by atoms with E-state index in [2.05, 4.69) is 57.5 Å². The van der Waals surface area contributed by atoms with Crippen molar-refractivity contribution in [3.8, 4) is 5.69 Å². The van der Waals surface area contributed by atoms with E-state index in [1.54, 1.807) is 0 Å². The molecule has 2 aromatic heterocycles. The first kappa shape index (κ1) is 17.5. The lowest BCUT2D eigenvalue weighted by Gasteiger charge is -2.23. The van der Waals surface area contributed by atoms with Crippen molar-refractivity contribution in [1.29, 1.82) is 0 Å². The van der Waals surface area contributed by atoms with Gasteiger partial charge in [-0.3, -0.25) is 9.80 Å². The zero-order chi connectivity index (χ0) is 17.8. The van der Waals surface area contributed by atoms with Crippen molar-refractivity contribution in [1.82, 2.24) is 19.6 Å². The molecule has 0 radical (unpaired) electrons. The number of aromatic nitrogens is 2. The smallest absolute Gasteiger partial charge is 0.0690 e. The van der Waals surface area contributed by atoms with Crippen molar-refractivity contribution >= 4 is 11.3 Å². The molecule has 1 fully saturated rings. The predicted molar refractivity (Wildman–Crippen MR) is 108 cm³/mol. The fourth-order valence-corrected chi connectivity index (χ4v) is 4.43. The van der Waals surface area contributed by atoms with Gasteiger partial charge in [0, 0.05) is 43.4 Å². The molecular weight excluding hydrogens is 340 g/mol. The number of hydrogen-bond acceptors (Lipinski definition) is 4. The van der Waals surface area contributed by atoms with Crippen LogP contribution < -0.4 is 0 Å². The van der Waals surface area contributed by atoms with Crippen LogP contribution in [-0.2, 0) is 13.1 Å². The Morgan fingerprint density at radius 2 is 1.85 bits per heavy atom. The number of hydrogen-bond donors (Lipinski definition) is 0. The predicted octanol–water partition coefficient (Wildman–Crippen LogP) is 3.95. The Balaban J connectivity index is 1.44. The molecule has 26 heavy (non-hydrogen) atoms. The molecule has 4 nitrogen and oxygen atoms in total. The van der Waals surface area contributed by atoms with E-state index in [4.69, 9.17) is 0 Å². The lowest BCUT2D eigenvalue weighted by Crippen LogP contribution is -2.30. The van der Waals surface area contributed by atoms with Crippen molar-refractivity contribution in [3.05, 3.63) is 70.2 Å². The fraction of sp³-hybridized carbons (Fsp3) is 0.381. The van der Waals surface area contributed by atoms with Crippen LogP contribution in [-0.4, -0.2) is 45.8 Å². The summed E-state index contributed by atoms with van der Waals surface area (Å²) in [6.07, 6.45) is 5.10. The number of nitrogens with zero attached hydrogens (tertiary/aromatic N) is 4. The van der Waals surface area contributed by atoms with Gasteiger partial charge in [-0.15, -0.1) is 11.3 Å². The average Bonchev–Trinajstić information content (AvgIpc) is 3.29. The van der Waals surface area contributed by atoms with E-state index >= 15 is 0 Å². The summed E-state index contributed by atoms with van der Waals surface area (Å²) in [6, 6.07) is 13.1. The molecule has 5 heteroatoms. The van der Waals surface area contributed by atoms with Crippen LogP contribution in [0.2, 0.25) is 0 Å². The van der Waals surface area contributed by atoms with Crippen LogP contribution in [0.25, 0.3) is 5.69 Å². The maximum absolute atomic E-state index is 4.43. The van der Waals surface area contributed by atoms with E-state index in [1.807, 2.05) is 34.5 Å². The monoisotopic (exact) mass is 366 g/mol. The molecule has 1 saturated heterocycles. The van der Waals surface area contributed by atoms with Crippen molar-refractivity contribution in [2.45, 2.75) is 26.4 Å². The molecule has 136 valence electrons. The minimum Gasteiger partial charge on any atom is -0.298 e. The third-order valence-corrected chi connectivity index (χ3v) is 5.88. The van der Waals surface area contributed by atoms with Crippen LogP contribution in [0.15, 0.2) is 54.2 Å². The normalized spacial score (nSPS) is 16.7. The molecule has 4 rings (SSSR count). The zero-order valence-electron chi connectivity index (χ0n) is 15.3. The van der Waals surface area contributed by atoms with E-state index < -0.39 is 0 Å². The van der Waals surface area contributed by atoms with Gasteiger partial charge >= 0.3 is 0 Å². The van der Waals surface area contributed by atoms with Gasteiger partial charge in [-0.25, -0.2) is 4.68 Å². The van der Waals surface area contributed by atoms with Gasteiger partial charge in [0.2, 0.25) is 0 Å². The third-order valence-electron chi connectivity index (χ3n) is 5.02. The molecule has 0 amide bonds. The average molecular weight is 367 g/mol. The lowest BCUT2D eigenvalue weighted by atomic mass is 10.1. The van der Waals surface area contributed by atoms with Crippen LogP contribution in [0, 0.1) is 6.92 Å². The Labute approximate surface area is 159 Å². The summed E-state index contributed by atoms with van der Waals surface area (Å²) in [4.78, 5) is 6.66. The van der Waals surface area contributed by atoms with Crippen molar-refractivity contribution in [3.63, 3.8) is 0 Å². The maximum Gasteiger partial charge on any atom is 0.0690 e. The highest BCUT2D eigenvalue weighted by molar-refractivity contribution is 7.09. The molecule has 3 aromatic rings. The molecule has 0 spiro atoms. The second kappa shape index (κ2) is 8.16. The zero-order valence-corrected chi connectivity index (χ0v) is 16.2. The van der Waals surface area contributed by atoms with Gasteiger partial charge in [0.25, 0.3) is 0 Å². The quantitative estimate of drug-likeness (QED) is 0.683. The second-order valence-electron chi connectivity index (χ2n) is 7.07. The van der Waals surface area contributed by atoms with Gasteiger partial charge < -0.3 is 0 Å². The first-order valence-electron chi connectivity index (χ1n) is 9.34. The van der Waals surface area contributed by atoms with Crippen LogP contribution in [0.4, 0.5) is 0 Å². The van der Waals surface area contributed by atoms with E-state index in [9.17, 15) is 0 Å². The van der Waals surface area contributed by atoms with Gasteiger partial charge in [0.1, 0.15) is 0 Å². The Morgan fingerprint density at radius 3 is 2.58 bits per heavy atom. The number of benzene rings is 1. The summed E-state index contributed by atoms with van der Waals surface area (Å²) in [7, 11) is 0. The van der Waals surface area contributed by atoms with Crippen LogP contribution in [0.3, 0.4) is 0 Å². The molecular formula is C21H26N4S. The Kier molecular flexibility index (Phi) is 5.48. The van der Waals surface area contributed by atoms with E-state index in [1.165, 1.54) is 34.7 Å². The molecule has 1 aromatic carbocycles. The molecule has 3 heterocycles. The van der Waals surface area contributed by atoms with Crippen LogP contribution >= 0.6 is 11.3 Å². The molecule has 0 atom stereocenters. The summed E-state index contributed by atoms with van der Waals surface area (Å²) in [6.45, 7) is 8.86. The van der Waals surface area contributed by atoms with Gasteiger partial charge in [-0.2, -0.15) is 5.10 Å². The SMILES string of the molecule is Cc1ccc(-n2cccn2)c(CN2CCCN(Cc3cccs3)CC2)c1. The fourth-order valence-electron chi connectivity index (χ4n) is 3.68. The van der Waals surface area contributed by atoms with Crippen LogP contribution in [0.1, 0.15) is 22.4 Å². The third kappa shape index (κ3) is 4.23. The topological polar surface area (TPSA) is 24.3 Å². The summed E-state index contributed by atoms with van der Waals surface area (Å²) in [5, 5.41) is 6.61. The Morgan fingerprint density at radius 1 is 1.00 bits per heavy atom. The minimum atomic E-state index is 0.990.